The van der Waals surface area contributed by atoms with E-state index in [1.54, 1.807) is 4.90 Å². The minimum Gasteiger partial charge on any atom is -0.376 e. The number of benzene rings is 1. The van der Waals surface area contributed by atoms with Crippen molar-refractivity contribution in [1.82, 2.24) is 0 Å². The highest BCUT2D eigenvalue weighted by atomic mass is 32.1. The second kappa shape index (κ2) is 9.94. The minimum atomic E-state index is -0.0663. The summed E-state index contributed by atoms with van der Waals surface area (Å²) in [4.78, 5) is 19.6. The summed E-state index contributed by atoms with van der Waals surface area (Å²) in [6.07, 6.45) is 9.61. The summed E-state index contributed by atoms with van der Waals surface area (Å²) in [6, 6.07) is 6.32. The van der Waals surface area contributed by atoms with Gasteiger partial charge in [0.2, 0.25) is 0 Å². The number of thiol groups is 1. The van der Waals surface area contributed by atoms with Crippen molar-refractivity contribution in [2.45, 2.75) is 85.0 Å². The van der Waals surface area contributed by atoms with Crippen LogP contribution in [0.3, 0.4) is 0 Å². The van der Waals surface area contributed by atoms with Crippen LogP contribution in [0.1, 0.15) is 70.9 Å². The molecule has 1 atom stereocenters. The lowest BCUT2D eigenvalue weighted by Crippen LogP contribution is -2.38. The summed E-state index contributed by atoms with van der Waals surface area (Å²) in [7, 11) is 0. The Bertz CT molecular complexity index is 794. The number of carbonyl (C=O) groups excluding carboxylic acids is 1. The van der Waals surface area contributed by atoms with Gasteiger partial charge in [-0.15, -0.1) is 12.6 Å². The predicted molar refractivity (Wildman–Crippen MR) is 124 cm³/mol. The monoisotopic (exact) mass is 414 g/mol. The molecule has 1 aliphatic heterocycles. The normalized spacial score (nSPS) is 19.2. The molecule has 1 aliphatic carbocycles. The van der Waals surface area contributed by atoms with Crippen LogP contribution in [0.15, 0.2) is 33.8 Å². The zero-order valence-electron chi connectivity index (χ0n) is 18.1. The largest absolute Gasteiger partial charge is 0.376 e. The van der Waals surface area contributed by atoms with Gasteiger partial charge in [-0.2, -0.15) is 0 Å². The number of carbonyl (C=O) groups is 1. The quantitative estimate of drug-likeness (QED) is 0.353. The maximum Gasteiger partial charge on any atom is 0.266 e. The zero-order valence-corrected chi connectivity index (χ0v) is 19.0. The summed E-state index contributed by atoms with van der Waals surface area (Å²) in [5.74, 6) is 0.476. The number of amides is 1. The Kier molecular flexibility index (Phi) is 7.58. The second-order valence-corrected chi connectivity index (χ2v) is 9.11. The molecule has 1 saturated carbocycles. The van der Waals surface area contributed by atoms with Crippen molar-refractivity contribution >= 4 is 30.4 Å². The minimum absolute atomic E-state index is 0.0663. The van der Waals surface area contributed by atoms with Gasteiger partial charge in [0.25, 0.3) is 5.91 Å². The Hall–Kier alpha value is -1.59. The van der Waals surface area contributed by atoms with E-state index in [2.05, 4.69) is 50.5 Å². The predicted octanol–water partition coefficient (Wildman–Crippen LogP) is 5.70. The summed E-state index contributed by atoms with van der Waals surface area (Å²) in [6.45, 7) is 8.72. The number of anilines is 1. The molecule has 1 amide bonds. The molecular formula is C24H34N2O2S. The van der Waals surface area contributed by atoms with Gasteiger partial charge in [-0.1, -0.05) is 31.4 Å². The van der Waals surface area contributed by atoms with Crippen LogP contribution < -0.4 is 4.90 Å². The van der Waals surface area contributed by atoms with Crippen LogP contribution in [0.5, 0.6) is 0 Å². The number of ether oxygens (including phenoxy) is 1. The van der Waals surface area contributed by atoms with Crippen molar-refractivity contribution in [2.24, 2.45) is 10.9 Å². The van der Waals surface area contributed by atoms with E-state index in [9.17, 15) is 4.79 Å². The molecule has 158 valence electrons. The molecule has 0 N–H and O–H groups in total. The highest BCUT2D eigenvalue weighted by Gasteiger charge is 2.30. The van der Waals surface area contributed by atoms with Gasteiger partial charge in [-0.3, -0.25) is 9.79 Å². The molecular weight excluding hydrogens is 380 g/mol. The van der Waals surface area contributed by atoms with Gasteiger partial charge >= 0.3 is 0 Å². The molecule has 0 saturated heterocycles. The fourth-order valence-electron chi connectivity index (χ4n) is 4.19. The third kappa shape index (κ3) is 5.73. The molecule has 2 aliphatic rings. The third-order valence-corrected chi connectivity index (χ3v) is 6.22. The fraction of sp³-hybridized carbons (Fsp3) is 0.583. The van der Waals surface area contributed by atoms with E-state index in [0.29, 0.717) is 23.1 Å². The van der Waals surface area contributed by atoms with Crippen LogP contribution in [-0.4, -0.2) is 24.3 Å². The smallest absolute Gasteiger partial charge is 0.266 e. The van der Waals surface area contributed by atoms with Gasteiger partial charge < -0.3 is 9.64 Å². The highest BCUT2D eigenvalue weighted by Crippen LogP contribution is 2.36. The number of hydrogen-bond acceptors (Lipinski definition) is 4. The Morgan fingerprint density at radius 1 is 1.28 bits per heavy atom. The lowest BCUT2D eigenvalue weighted by Gasteiger charge is -2.35. The Morgan fingerprint density at radius 3 is 2.66 bits per heavy atom. The number of rotatable bonds is 7. The number of allylic oxidation sites excluding steroid dienone is 1. The molecule has 4 nitrogen and oxygen atoms in total. The first kappa shape index (κ1) is 22.1. The van der Waals surface area contributed by atoms with E-state index >= 15 is 0 Å². The second-order valence-electron chi connectivity index (χ2n) is 8.66. The number of fused-ring (bicyclic) bond motifs is 1. The van der Waals surface area contributed by atoms with Crippen LogP contribution in [0, 0.1) is 5.92 Å². The van der Waals surface area contributed by atoms with E-state index < -0.39 is 0 Å². The Balaban J connectivity index is 1.61. The first-order valence-corrected chi connectivity index (χ1v) is 11.3. The van der Waals surface area contributed by atoms with Crippen LogP contribution in [0.2, 0.25) is 0 Å². The van der Waals surface area contributed by atoms with E-state index in [0.717, 1.165) is 12.1 Å². The van der Waals surface area contributed by atoms with Crippen molar-refractivity contribution in [3.05, 3.63) is 39.9 Å². The van der Waals surface area contributed by atoms with Crippen LogP contribution >= 0.6 is 12.6 Å². The van der Waals surface area contributed by atoms with Gasteiger partial charge in [0.05, 0.1) is 29.4 Å². The van der Waals surface area contributed by atoms with Crippen LogP contribution in [-0.2, 0) is 22.5 Å². The highest BCUT2D eigenvalue weighted by molar-refractivity contribution is 7.85. The van der Waals surface area contributed by atoms with Gasteiger partial charge in [0.15, 0.2) is 0 Å². The molecule has 1 heterocycles. The van der Waals surface area contributed by atoms with Crippen molar-refractivity contribution in [3.8, 4) is 0 Å². The zero-order chi connectivity index (χ0) is 21.0. The first-order valence-electron chi connectivity index (χ1n) is 10.9. The lowest BCUT2D eigenvalue weighted by atomic mass is 9.90. The van der Waals surface area contributed by atoms with Crippen LogP contribution in [0.4, 0.5) is 5.69 Å². The van der Waals surface area contributed by atoms with E-state index in [1.807, 2.05) is 19.2 Å². The molecule has 1 fully saturated rings. The van der Waals surface area contributed by atoms with Gasteiger partial charge in [0.1, 0.15) is 0 Å². The SMILES string of the molecule is C/C(N=CC1CCCCC1)=C(/S)C(=O)N1Cc2cc(CC(C)OC(C)C)ccc21. The van der Waals surface area contributed by atoms with Crippen molar-refractivity contribution in [2.75, 3.05) is 4.90 Å². The molecule has 0 aromatic heterocycles. The summed E-state index contributed by atoms with van der Waals surface area (Å²) in [5.41, 5.74) is 4.14. The third-order valence-electron chi connectivity index (χ3n) is 5.71. The van der Waals surface area contributed by atoms with Gasteiger partial charge in [0, 0.05) is 11.9 Å². The van der Waals surface area contributed by atoms with E-state index in [4.69, 9.17) is 4.74 Å². The molecule has 3 rings (SSSR count). The molecule has 1 unspecified atom stereocenters. The van der Waals surface area contributed by atoms with Crippen molar-refractivity contribution in [3.63, 3.8) is 0 Å². The van der Waals surface area contributed by atoms with Crippen molar-refractivity contribution in [1.29, 1.82) is 0 Å². The van der Waals surface area contributed by atoms with E-state index in [-0.39, 0.29) is 18.1 Å². The number of hydrogen-bond donors (Lipinski definition) is 1. The molecule has 0 spiro atoms. The molecule has 1 aromatic carbocycles. The molecule has 1 aromatic rings. The fourth-order valence-corrected chi connectivity index (χ4v) is 4.37. The topological polar surface area (TPSA) is 41.9 Å². The maximum atomic E-state index is 12.9. The Morgan fingerprint density at radius 2 is 2.00 bits per heavy atom. The standard InChI is InChI=1S/C24H34N2O2S/c1-16(2)28-17(3)12-20-10-11-22-21(13-20)15-26(22)24(27)23(29)18(4)25-14-19-8-6-5-7-9-19/h10-11,13-14,16-17,19,29H,5-9,12,15H2,1-4H3/b23-18-,25-14?. The molecule has 0 bridgehead atoms. The lowest BCUT2D eigenvalue weighted by molar-refractivity contribution is -0.114. The molecule has 0 radical (unpaired) electrons. The maximum absolute atomic E-state index is 12.9. The van der Waals surface area contributed by atoms with Crippen molar-refractivity contribution < 1.29 is 9.53 Å². The summed E-state index contributed by atoms with van der Waals surface area (Å²) < 4.78 is 5.83. The number of nitrogens with zero attached hydrogens (tertiary/aromatic N) is 2. The molecule has 29 heavy (non-hydrogen) atoms. The summed E-state index contributed by atoms with van der Waals surface area (Å²) >= 11 is 4.49. The first-order chi connectivity index (χ1) is 13.8. The summed E-state index contributed by atoms with van der Waals surface area (Å²) in [5, 5.41) is 0. The average Bonchev–Trinajstić information content (AvgIpc) is 2.67. The molecule has 5 heteroatoms. The number of aliphatic imine (C=N–C) groups is 1. The average molecular weight is 415 g/mol. The van der Waals surface area contributed by atoms with Crippen LogP contribution in [0.25, 0.3) is 0 Å². The Labute approximate surface area is 180 Å². The van der Waals surface area contributed by atoms with Gasteiger partial charge in [-0.05, 0) is 70.1 Å². The van der Waals surface area contributed by atoms with Gasteiger partial charge in [-0.25, -0.2) is 0 Å². The van der Waals surface area contributed by atoms with E-state index in [1.165, 1.54) is 43.2 Å².